The van der Waals surface area contributed by atoms with Crippen molar-refractivity contribution in [3.63, 3.8) is 0 Å². The van der Waals surface area contributed by atoms with Gasteiger partial charge in [-0.05, 0) is 13.3 Å². The van der Waals surface area contributed by atoms with Crippen LogP contribution in [-0.2, 0) is 9.53 Å². The molecule has 3 nitrogen and oxygen atoms in total. The van der Waals surface area contributed by atoms with Gasteiger partial charge < -0.3 is 9.84 Å². The lowest BCUT2D eigenvalue weighted by Crippen LogP contribution is -1.97. The van der Waals surface area contributed by atoms with E-state index in [1.807, 2.05) is 0 Å². The molecule has 0 aliphatic rings. The summed E-state index contributed by atoms with van der Waals surface area (Å²) in [6.07, 6.45) is 5.87. The molecule has 0 aliphatic heterocycles. The number of unbranched alkanes of at least 4 members (excludes halogenated alkanes) is 3. The number of carboxylic acids is 1. The first-order chi connectivity index (χ1) is 6.18. The highest BCUT2D eigenvalue weighted by Gasteiger charge is 1.98. The molecule has 0 fully saturated rings. The molecule has 0 rings (SSSR count). The van der Waals surface area contributed by atoms with Gasteiger partial charge in [0.2, 0.25) is 0 Å². The molecule has 0 aromatic heterocycles. The van der Waals surface area contributed by atoms with Crippen molar-refractivity contribution in [2.75, 3.05) is 6.61 Å². The number of ether oxygens (including phenoxy) is 1. The third kappa shape index (κ3) is 7.37. The predicted octanol–water partition coefficient (Wildman–Crippen LogP) is 2.57. The van der Waals surface area contributed by atoms with Crippen molar-refractivity contribution in [2.24, 2.45) is 0 Å². The van der Waals surface area contributed by atoms with E-state index >= 15 is 0 Å². The van der Waals surface area contributed by atoms with E-state index in [-0.39, 0.29) is 5.57 Å². The summed E-state index contributed by atoms with van der Waals surface area (Å²) < 4.78 is 5.06. The quantitative estimate of drug-likeness (QED) is 0.377. The summed E-state index contributed by atoms with van der Waals surface area (Å²) in [6, 6.07) is 0. The molecule has 76 valence electrons. The van der Waals surface area contributed by atoms with E-state index in [2.05, 4.69) is 6.92 Å². The molecule has 0 aromatic carbocycles. The van der Waals surface area contributed by atoms with Crippen LogP contribution >= 0.6 is 0 Å². The maximum Gasteiger partial charge on any atom is 0.334 e. The molecule has 1 N–H and O–H groups in total. The molecule has 3 heteroatoms. The average Bonchev–Trinajstić information content (AvgIpc) is 2.10. The van der Waals surface area contributed by atoms with E-state index in [0.717, 1.165) is 12.8 Å². The zero-order valence-electron chi connectivity index (χ0n) is 8.38. The summed E-state index contributed by atoms with van der Waals surface area (Å²) in [5.74, 6) is -0.923. The molecule has 13 heavy (non-hydrogen) atoms. The molecule has 0 saturated heterocycles. The monoisotopic (exact) mass is 186 g/mol. The lowest BCUT2D eigenvalue weighted by Gasteiger charge is -2.00. The molecular formula is C10H18O3. The first kappa shape index (κ1) is 12.0. The van der Waals surface area contributed by atoms with Crippen LogP contribution in [0.1, 0.15) is 39.5 Å². The summed E-state index contributed by atoms with van der Waals surface area (Å²) in [7, 11) is 0. The maximum absolute atomic E-state index is 10.3. The highest BCUT2D eigenvalue weighted by atomic mass is 16.5. The molecular weight excluding hydrogens is 168 g/mol. The molecule has 0 spiro atoms. The first-order valence-electron chi connectivity index (χ1n) is 4.70. The minimum Gasteiger partial charge on any atom is -0.501 e. The van der Waals surface area contributed by atoms with Crippen molar-refractivity contribution in [3.05, 3.63) is 11.8 Å². The van der Waals surface area contributed by atoms with Crippen molar-refractivity contribution in [2.45, 2.75) is 39.5 Å². The third-order valence-electron chi connectivity index (χ3n) is 1.71. The van der Waals surface area contributed by atoms with Gasteiger partial charge in [-0.2, -0.15) is 0 Å². The second kappa shape index (κ2) is 7.65. The molecule has 0 heterocycles. The van der Waals surface area contributed by atoms with Crippen LogP contribution in [0, 0.1) is 0 Å². The Bertz CT molecular complexity index is 173. The Hall–Kier alpha value is -0.990. The predicted molar refractivity (Wildman–Crippen MR) is 51.5 cm³/mol. The van der Waals surface area contributed by atoms with Crippen LogP contribution in [0.5, 0.6) is 0 Å². The number of hydrogen-bond donors (Lipinski definition) is 1. The Labute approximate surface area is 79.4 Å². The van der Waals surface area contributed by atoms with Crippen molar-refractivity contribution >= 4 is 5.97 Å². The summed E-state index contributed by atoms with van der Waals surface area (Å²) in [4.78, 5) is 10.3. The first-order valence-corrected chi connectivity index (χ1v) is 4.70. The van der Waals surface area contributed by atoms with Crippen LogP contribution in [0.25, 0.3) is 0 Å². The van der Waals surface area contributed by atoms with Crippen LogP contribution in [0.2, 0.25) is 0 Å². The zero-order valence-corrected chi connectivity index (χ0v) is 8.38. The van der Waals surface area contributed by atoms with Gasteiger partial charge in [-0.3, -0.25) is 0 Å². The van der Waals surface area contributed by atoms with Gasteiger partial charge in [0.05, 0.1) is 18.4 Å². The van der Waals surface area contributed by atoms with E-state index in [4.69, 9.17) is 9.84 Å². The van der Waals surface area contributed by atoms with E-state index in [9.17, 15) is 4.79 Å². The van der Waals surface area contributed by atoms with Gasteiger partial charge in [0, 0.05) is 0 Å². The molecule has 0 amide bonds. The summed E-state index contributed by atoms with van der Waals surface area (Å²) in [5, 5.41) is 8.47. The van der Waals surface area contributed by atoms with Crippen molar-refractivity contribution in [1.29, 1.82) is 0 Å². The number of carbonyl (C=O) groups is 1. The summed E-state index contributed by atoms with van der Waals surface area (Å²) >= 11 is 0. The average molecular weight is 186 g/mol. The van der Waals surface area contributed by atoms with Gasteiger partial charge in [0.1, 0.15) is 0 Å². The molecule has 0 unspecified atom stereocenters. The molecule has 0 aromatic rings. The number of aliphatic carboxylic acids is 1. The third-order valence-corrected chi connectivity index (χ3v) is 1.71. The van der Waals surface area contributed by atoms with Gasteiger partial charge in [0.15, 0.2) is 0 Å². The molecule has 0 aliphatic carbocycles. The SMILES string of the molecule is CCCCCCOC=C(C)C(=O)O. The Morgan fingerprint density at radius 3 is 2.62 bits per heavy atom. The standard InChI is InChI=1S/C10H18O3/c1-3-4-5-6-7-13-8-9(2)10(11)12/h8H,3-7H2,1-2H3,(H,11,12). The van der Waals surface area contributed by atoms with Gasteiger partial charge in [0.25, 0.3) is 0 Å². The fourth-order valence-electron chi connectivity index (χ4n) is 0.847. The second-order valence-corrected chi connectivity index (χ2v) is 3.04. The zero-order chi connectivity index (χ0) is 10.1. The lowest BCUT2D eigenvalue weighted by atomic mass is 10.2. The Morgan fingerprint density at radius 2 is 2.08 bits per heavy atom. The highest BCUT2D eigenvalue weighted by Crippen LogP contribution is 2.00. The minimum atomic E-state index is -0.923. The van der Waals surface area contributed by atoms with Crippen LogP contribution in [0.4, 0.5) is 0 Å². The second-order valence-electron chi connectivity index (χ2n) is 3.04. The van der Waals surface area contributed by atoms with Crippen molar-refractivity contribution in [3.8, 4) is 0 Å². The van der Waals surface area contributed by atoms with E-state index < -0.39 is 5.97 Å². The van der Waals surface area contributed by atoms with Gasteiger partial charge >= 0.3 is 5.97 Å². The smallest absolute Gasteiger partial charge is 0.334 e. The highest BCUT2D eigenvalue weighted by molar-refractivity contribution is 5.85. The molecule has 0 bridgehead atoms. The largest absolute Gasteiger partial charge is 0.501 e. The van der Waals surface area contributed by atoms with E-state index in [1.54, 1.807) is 0 Å². The molecule has 0 saturated carbocycles. The van der Waals surface area contributed by atoms with Gasteiger partial charge in [-0.15, -0.1) is 0 Å². The van der Waals surface area contributed by atoms with Crippen LogP contribution in [0.15, 0.2) is 11.8 Å². The van der Waals surface area contributed by atoms with Gasteiger partial charge in [-0.25, -0.2) is 4.79 Å². The Balaban J connectivity index is 3.34. The fraction of sp³-hybridized carbons (Fsp3) is 0.700. The van der Waals surface area contributed by atoms with E-state index in [1.165, 1.54) is 26.0 Å². The number of rotatable bonds is 7. The topological polar surface area (TPSA) is 46.5 Å². The summed E-state index contributed by atoms with van der Waals surface area (Å²) in [5.41, 5.74) is 0.246. The van der Waals surface area contributed by atoms with Crippen LogP contribution in [-0.4, -0.2) is 17.7 Å². The number of carboxylic acid groups (broad SMARTS) is 1. The van der Waals surface area contributed by atoms with Gasteiger partial charge in [-0.1, -0.05) is 26.2 Å². The van der Waals surface area contributed by atoms with Crippen LogP contribution in [0.3, 0.4) is 0 Å². The molecule has 0 radical (unpaired) electrons. The van der Waals surface area contributed by atoms with Crippen molar-refractivity contribution < 1.29 is 14.6 Å². The normalized spacial score (nSPS) is 11.4. The van der Waals surface area contributed by atoms with Crippen molar-refractivity contribution in [1.82, 2.24) is 0 Å². The number of hydrogen-bond acceptors (Lipinski definition) is 2. The van der Waals surface area contributed by atoms with Crippen LogP contribution < -0.4 is 0 Å². The minimum absolute atomic E-state index is 0.246. The molecule has 0 atom stereocenters. The summed E-state index contributed by atoms with van der Waals surface area (Å²) in [6.45, 7) is 4.29. The lowest BCUT2D eigenvalue weighted by molar-refractivity contribution is -0.132. The Morgan fingerprint density at radius 1 is 1.38 bits per heavy atom. The Kier molecular flexibility index (Phi) is 7.07. The maximum atomic E-state index is 10.3. The fourth-order valence-corrected chi connectivity index (χ4v) is 0.847. The van der Waals surface area contributed by atoms with E-state index in [0.29, 0.717) is 6.61 Å².